The number of carbonyl (C=O) groups excluding carboxylic acids is 1. The smallest absolute Gasteiger partial charge is 0.230 e. The van der Waals surface area contributed by atoms with Crippen LogP contribution in [0, 0.1) is 5.41 Å². The van der Waals surface area contributed by atoms with Crippen LogP contribution in [0.2, 0.25) is 0 Å². The number of hydrogen-bond donors (Lipinski definition) is 1. The molecule has 1 fully saturated rings. The Hall–Kier alpha value is -0.830. The average molecular weight is 310 g/mol. The van der Waals surface area contributed by atoms with Crippen molar-refractivity contribution >= 4 is 27.5 Å². The number of nitrogens with one attached hydrogen (secondary N) is 1. The molecule has 1 aromatic rings. The van der Waals surface area contributed by atoms with Crippen molar-refractivity contribution in [3.8, 4) is 0 Å². The molecule has 0 heterocycles. The molecule has 3 heteroatoms. The van der Waals surface area contributed by atoms with Gasteiger partial charge in [0.1, 0.15) is 0 Å². The maximum absolute atomic E-state index is 12.4. The molecule has 2 rings (SSSR count). The normalized spacial score (nSPS) is 19.5. The van der Waals surface area contributed by atoms with E-state index in [1.807, 2.05) is 24.3 Å². The van der Waals surface area contributed by atoms with Crippen LogP contribution in [0.1, 0.15) is 49.9 Å². The molecule has 0 spiro atoms. The van der Waals surface area contributed by atoms with Gasteiger partial charge < -0.3 is 5.32 Å². The van der Waals surface area contributed by atoms with E-state index in [-0.39, 0.29) is 16.1 Å². The fourth-order valence-corrected chi connectivity index (χ4v) is 3.01. The molecule has 1 saturated carbocycles. The van der Waals surface area contributed by atoms with Crippen molar-refractivity contribution in [1.29, 1.82) is 0 Å². The third-order valence-electron chi connectivity index (χ3n) is 3.89. The minimum Gasteiger partial charge on any atom is -0.325 e. The van der Waals surface area contributed by atoms with Crippen molar-refractivity contribution in [3.05, 3.63) is 29.8 Å². The van der Waals surface area contributed by atoms with Gasteiger partial charge in [-0.05, 0) is 31.4 Å². The monoisotopic (exact) mass is 309 g/mol. The van der Waals surface area contributed by atoms with Crippen LogP contribution >= 0.6 is 15.9 Å². The Morgan fingerprint density at radius 1 is 1.33 bits per heavy atom. The number of carbonyl (C=O) groups is 1. The van der Waals surface area contributed by atoms with Crippen molar-refractivity contribution in [1.82, 2.24) is 0 Å². The van der Waals surface area contributed by atoms with Gasteiger partial charge in [-0.1, -0.05) is 53.9 Å². The summed E-state index contributed by atoms with van der Waals surface area (Å²) < 4.78 is 0. The van der Waals surface area contributed by atoms with Gasteiger partial charge in [-0.3, -0.25) is 4.79 Å². The van der Waals surface area contributed by atoms with Crippen LogP contribution in [-0.2, 0) is 4.79 Å². The van der Waals surface area contributed by atoms with Crippen LogP contribution in [0.25, 0.3) is 0 Å². The molecule has 0 aliphatic heterocycles. The van der Waals surface area contributed by atoms with Crippen molar-refractivity contribution in [2.45, 2.75) is 44.4 Å². The molecular weight excluding hydrogens is 290 g/mol. The molecule has 1 aromatic carbocycles. The maximum atomic E-state index is 12.4. The van der Waals surface area contributed by atoms with E-state index in [2.05, 4.69) is 35.1 Å². The molecule has 18 heavy (non-hydrogen) atoms. The zero-order chi connectivity index (χ0) is 13.2. The van der Waals surface area contributed by atoms with Gasteiger partial charge in [0.15, 0.2) is 0 Å². The Labute approximate surface area is 117 Å². The summed E-state index contributed by atoms with van der Waals surface area (Å²) in [6.07, 6.45) is 4.34. The molecule has 98 valence electrons. The molecule has 0 radical (unpaired) electrons. The second kappa shape index (κ2) is 5.43. The third-order valence-corrected chi connectivity index (χ3v) is 4.39. The van der Waals surface area contributed by atoms with Crippen molar-refractivity contribution in [3.63, 3.8) is 0 Å². The SMILES string of the molecule is CC(Br)c1ccccc1NC(=O)C1(C)CCCC1. The van der Waals surface area contributed by atoms with Gasteiger partial charge >= 0.3 is 0 Å². The standard InChI is InChI=1S/C15H20BrNO/c1-11(16)12-7-3-4-8-13(12)17-14(18)15(2)9-5-6-10-15/h3-4,7-8,11H,5-6,9-10H2,1-2H3,(H,17,18). The van der Waals surface area contributed by atoms with Crippen LogP contribution in [0.5, 0.6) is 0 Å². The highest BCUT2D eigenvalue weighted by atomic mass is 79.9. The molecule has 1 aliphatic carbocycles. The quantitative estimate of drug-likeness (QED) is 0.808. The molecular formula is C15H20BrNO. The maximum Gasteiger partial charge on any atom is 0.230 e. The minimum atomic E-state index is -0.178. The van der Waals surface area contributed by atoms with E-state index in [0.29, 0.717) is 0 Å². The predicted molar refractivity (Wildman–Crippen MR) is 79.0 cm³/mol. The average Bonchev–Trinajstić information content (AvgIpc) is 2.78. The molecule has 0 saturated heterocycles. The van der Waals surface area contributed by atoms with Gasteiger partial charge in [-0.25, -0.2) is 0 Å². The number of hydrogen-bond acceptors (Lipinski definition) is 1. The Kier molecular flexibility index (Phi) is 4.10. The number of anilines is 1. The van der Waals surface area contributed by atoms with Gasteiger partial charge in [-0.2, -0.15) is 0 Å². The second-order valence-corrected chi connectivity index (χ2v) is 6.80. The number of rotatable bonds is 3. The molecule has 1 unspecified atom stereocenters. The Morgan fingerprint density at radius 3 is 2.56 bits per heavy atom. The van der Waals surface area contributed by atoms with E-state index in [9.17, 15) is 4.79 Å². The Bertz CT molecular complexity index is 436. The first-order chi connectivity index (χ1) is 8.53. The van der Waals surface area contributed by atoms with Crippen LogP contribution in [0.15, 0.2) is 24.3 Å². The van der Waals surface area contributed by atoms with Gasteiger partial charge in [-0.15, -0.1) is 0 Å². The highest BCUT2D eigenvalue weighted by molar-refractivity contribution is 9.09. The summed E-state index contributed by atoms with van der Waals surface area (Å²) in [5.74, 6) is 0.167. The summed E-state index contributed by atoms with van der Waals surface area (Å²) in [6, 6.07) is 7.99. The lowest BCUT2D eigenvalue weighted by atomic mass is 9.87. The number of amides is 1. The molecule has 1 amide bonds. The van der Waals surface area contributed by atoms with E-state index in [0.717, 1.165) is 24.1 Å². The predicted octanol–water partition coefficient (Wildman–Crippen LogP) is 4.66. The van der Waals surface area contributed by atoms with E-state index < -0.39 is 0 Å². The summed E-state index contributed by atoms with van der Waals surface area (Å²) in [4.78, 5) is 12.6. The molecule has 2 nitrogen and oxygen atoms in total. The number of para-hydroxylation sites is 1. The highest BCUT2D eigenvalue weighted by Gasteiger charge is 2.36. The van der Waals surface area contributed by atoms with Gasteiger partial charge in [0.2, 0.25) is 5.91 Å². The molecule has 1 atom stereocenters. The zero-order valence-electron chi connectivity index (χ0n) is 11.0. The van der Waals surface area contributed by atoms with E-state index in [1.54, 1.807) is 0 Å². The van der Waals surface area contributed by atoms with Gasteiger partial charge in [0.25, 0.3) is 0 Å². The summed E-state index contributed by atoms with van der Waals surface area (Å²) >= 11 is 3.57. The summed E-state index contributed by atoms with van der Waals surface area (Å²) in [5, 5.41) is 3.11. The number of alkyl halides is 1. The lowest BCUT2D eigenvalue weighted by molar-refractivity contribution is -0.124. The molecule has 1 N–H and O–H groups in total. The first kappa shape index (κ1) is 13.6. The Balaban J connectivity index is 2.16. The summed E-state index contributed by atoms with van der Waals surface area (Å²) in [6.45, 7) is 4.15. The number of halogens is 1. The zero-order valence-corrected chi connectivity index (χ0v) is 12.6. The van der Waals surface area contributed by atoms with Crippen LogP contribution in [0.4, 0.5) is 5.69 Å². The Morgan fingerprint density at radius 2 is 1.94 bits per heavy atom. The topological polar surface area (TPSA) is 29.1 Å². The fourth-order valence-electron chi connectivity index (χ4n) is 2.61. The number of benzene rings is 1. The van der Waals surface area contributed by atoms with E-state index >= 15 is 0 Å². The lowest BCUT2D eigenvalue weighted by Crippen LogP contribution is -2.31. The van der Waals surface area contributed by atoms with E-state index in [1.165, 1.54) is 12.8 Å². The van der Waals surface area contributed by atoms with Crippen molar-refractivity contribution in [2.24, 2.45) is 5.41 Å². The molecule has 0 bridgehead atoms. The first-order valence-electron chi connectivity index (χ1n) is 6.57. The summed E-state index contributed by atoms with van der Waals surface area (Å²) in [7, 11) is 0. The third kappa shape index (κ3) is 2.77. The van der Waals surface area contributed by atoms with E-state index in [4.69, 9.17) is 0 Å². The first-order valence-corrected chi connectivity index (χ1v) is 7.49. The minimum absolute atomic E-state index is 0.167. The van der Waals surface area contributed by atoms with Crippen molar-refractivity contribution < 1.29 is 4.79 Å². The molecule has 0 aromatic heterocycles. The molecule has 1 aliphatic rings. The fraction of sp³-hybridized carbons (Fsp3) is 0.533. The summed E-state index contributed by atoms with van der Waals surface area (Å²) in [5.41, 5.74) is 1.88. The van der Waals surface area contributed by atoms with Crippen LogP contribution in [0.3, 0.4) is 0 Å². The second-order valence-electron chi connectivity index (χ2n) is 5.43. The van der Waals surface area contributed by atoms with Crippen molar-refractivity contribution in [2.75, 3.05) is 5.32 Å². The van der Waals surface area contributed by atoms with Gasteiger partial charge in [0, 0.05) is 15.9 Å². The van der Waals surface area contributed by atoms with Crippen LogP contribution < -0.4 is 5.32 Å². The van der Waals surface area contributed by atoms with Crippen LogP contribution in [-0.4, -0.2) is 5.91 Å². The lowest BCUT2D eigenvalue weighted by Gasteiger charge is -2.23. The van der Waals surface area contributed by atoms with Gasteiger partial charge in [0.05, 0.1) is 0 Å². The largest absolute Gasteiger partial charge is 0.325 e. The highest BCUT2D eigenvalue weighted by Crippen LogP contribution is 2.39.